The van der Waals surface area contributed by atoms with Crippen molar-refractivity contribution in [1.82, 2.24) is 0 Å². The van der Waals surface area contributed by atoms with Gasteiger partial charge in [0.15, 0.2) is 5.78 Å². The highest BCUT2D eigenvalue weighted by Crippen LogP contribution is 2.52. The molecule has 3 aromatic rings. The van der Waals surface area contributed by atoms with Gasteiger partial charge in [-0.1, -0.05) is 48.5 Å². The van der Waals surface area contributed by atoms with E-state index in [1.54, 1.807) is 11.8 Å². The molecule has 0 fully saturated rings. The van der Waals surface area contributed by atoms with Crippen LogP contribution < -0.4 is 10.6 Å². The van der Waals surface area contributed by atoms with Crippen molar-refractivity contribution in [3.8, 4) is 0 Å². The molecule has 0 radical (unpaired) electrons. The maximum absolute atomic E-state index is 13.4. The zero-order valence-corrected chi connectivity index (χ0v) is 16.5. The molecular weight excluding hydrogens is 380 g/mol. The Morgan fingerprint density at radius 2 is 1.62 bits per heavy atom. The molecule has 5 heteroatoms. The molecule has 1 aliphatic carbocycles. The minimum atomic E-state index is -0.146. The van der Waals surface area contributed by atoms with E-state index >= 15 is 0 Å². The third-order valence-electron chi connectivity index (χ3n) is 5.14. The van der Waals surface area contributed by atoms with E-state index in [1.165, 1.54) is 6.92 Å². The van der Waals surface area contributed by atoms with Crippen molar-refractivity contribution in [3.05, 3.63) is 95.1 Å². The smallest absolute Gasteiger partial charge is 0.221 e. The number of Topliss-reactive ketones (excluding diaryl/α,β-unsaturated/α-hetero) is 1. The second kappa shape index (κ2) is 6.94. The maximum Gasteiger partial charge on any atom is 0.221 e. The summed E-state index contributed by atoms with van der Waals surface area (Å²) in [6, 6.07) is 23.6. The lowest BCUT2D eigenvalue weighted by atomic mass is 10.0. The fourth-order valence-corrected chi connectivity index (χ4v) is 5.15. The summed E-state index contributed by atoms with van der Waals surface area (Å²) in [5, 5.41) is 6.18. The van der Waals surface area contributed by atoms with E-state index in [4.69, 9.17) is 0 Å². The zero-order valence-electron chi connectivity index (χ0n) is 15.7. The highest BCUT2D eigenvalue weighted by molar-refractivity contribution is 8.00. The second-order valence-corrected chi connectivity index (χ2v) is 8.23. The van der Waals surface area contributed by atoms with Crippen LogP contribution in [-0.4, -0.2) is 11.7 Å². The van der Waals surface area contributed by atoms with Crippen molar-refractivity contribution in [2.75, 3.05) is 10.6 Å². The van der Waals surface area contributed by atoms with Gasteiger partial charge in [-0.25, -0.2) is 0 Å². The standard InChI is InChI=1S/C24H18N2O2S/c1-14(27)25-16-12-10-15(11-13-16)24-21-22(17-6-2-3-7-18(17)23(21)28)26-19-8-4-5-9-20(19)29-24/h2-13,24,26H,1H3,(H,25,27)/t24-/m0/s1. The van der Waals surface area contributed by atoms with Crippen LogP contribution in [0, 0.1) is 0 Å². The molecule has 0 unspecified atom stereocenters. The summed E-state index contributed by atoms with van der Waals surface area (Å²) in [5.41, 5.74) is 6.13. The van der Waals surface area contributed by atoms with Crippen molar-refractivity contribution >= 4 is 40.5 Å². The van der Waals surface area contributed by atoms with Gasteiger partial charge >= 0.3 is 0 Å². The van der Waals surface area contributed by atoms with Gasteiger partial charge in [0.25, 0.3) is 0 Å². The highest BCUT2D eigenvalue weighted by atomic mass is 32.2. The summed E-state index contributed by atoms with van der Waals surface area (Å²) in [5.74, 6) is -0.0366. The van der Waals surface area contributed by atoms with Crippen molar-refractivity contribution < 1.29 is 9.59 Å². The maximum atomic E-state index is 13.4. The van der Waals surface area contributed by atoms with E-state index in [-0.39, 0.29) is 16.9 Å². The number of amides is 1. The number of ketones is 1. The molecule has 0 aromatic heterocycles. The molecule has 1 heterocycles. The number of fused-ring (bicyclic) bond motifs is 3. The van der Waals surface area contributed by atoms with Crippen LogP contribution >= 0.6 is 11.8 Å². The van der Waals surface area contributed by atoms with Crippen molar-refractivity contribution in [3.63, 3.8) is 0 Å². The van der Waals surface area contributed by atoms with Crippen LogP contribution in [0.2, 0.25) is 0 Å². The Labute approximate surface area is 173 Å². The van der Waals surface area contributed by atoms with Crippen LogP contribution in [0.4, 0.5) is 11.4 Å². The number of rotatable bonds is 2. The van der Waals surface area contributed by atoms with Crippen LogP contribution in [0.25, 0.3) is 5.70 Å². The molecule has 142 valence electrons. The minimum absolute atomic E-state index is 0.0688. The lowest BCUT2D eigenvalue weighted by molar-refractivity contribution is -0.114. The first-order valence-electron chi connectivity index (χ1n) is 9.40. The third kappa shape index (κ3) is 3.04. The topological polar surface area (TPSA) is 58.2 Å². The van der Waals surface area contributed by atoms with Gasteiger partial charge in [-0.3, -0.25) is 9.59 Å². The lowest BCUT2D eigenvalue weighted by Crippen LogP contribution is -2.08. The highest BCUT2D eigenvalue weighted by Gasteiger charge is 2.37. The van der Waals surface area contributed by atoms with Gasteiger partial charge in [0.2, 0.25) is 5.91 Å². The third-order valence-corrected chi connectivity index (χ3v) is 6.50. The molecule has 2 N–H and O–H groups in total. The number of benzene rings is 3. The van der Waals surface area contributed by atoms with Crippen molar-refractivity contribution in [1.29, 1.82) is 0 Å². The number of carbonyl (C=O) groups excluding carboxylic acids is 2. The average Bonchev–Trinajstić information content (AvgIpc) is 2.89. The first kappa shape index (κ1) is 17.8. The van der Waals surface area contributed by atoms with Gasteiger partial charge < -0.3 is 10.6 Å². The summed E-state index contributed by atoms with van der Waals surface area (Å²) in [7, 11) is 0. The summed E-state index contributed by atoms with van der Waals surface area (Å²) in [6.45, 7) is 1.49. The Morgan fingerprint density at radius 1 is 0.931 bits per heavy atom. The SMILES string of the molecule is CC(=O)Nc1ccc([C@@H]2Sc3ccccc3NC3=C2C(=O)c2ccccc23)cc1. The molecule has 1 amide bonds. The number of nitrogens with one attached hydrogen (secondary N) is 2. The first-order valence-corrected chi connectivity index (χ1v) is 10.3. The van der Waals surface area contributed by atoms with E-state index in [0.717, 1.165) is 44.2 Å². The summed E-state index contributed by atoms with van der Waals surface area (Å²) in [4.78, 5) is 25.8. The van der Waals surface area contributed by atoms with Crippen LogP contribution in [0.15, 0.2) is 83.3 Å². The molecule has 0 spiro atoms. The molecular formula is C24H18N2O2S. The van der Waals surface area contributed by atoms with Gasteiger partial charge in [-0.05, 0) is 29.8 Å². The quantitative estimate of drug-likeness (QED) is 0.597. The molecule has 29 heavy (non-hydrogen) atoms. The molecule has 1 aliphatic heterocycles. The Balaban J connectivity index is 1.65. The molecule has 0 saturated carbocycles. The Kier molecular flexibility index (Phi) is 4.25. The van der Waals surface area contributed by atoms with Gasteiger partial charge in [-0.15, -0.1) is 11.8 Å². The molecule has 3 aromatic carbocycles. The van der Waals surface area contributed by atoms with Gasteiger partial charge in [0, 0.05) is 34.2 Å². The number of para-hydroxylation sites is 1. The summed E-state index contributed by atoms with van der Waals surface area (Å²) < 4.78 is 0. The van der Waals surface area contributed by atoms with E-state index in [1.807, 2.05) is 66.7 Å². The van der Waals surface area contributed by atoms with E-state index in [2.05, 4.69) is 16.7 Å². The van der Waals surface area contributed by atoms with Crippen LogP contribution in [-0.2, 0) is 4.79 Å². The Bertz CT molecular complexity index is 1180. The zero-order chi connectivity index (χ0) is 20.0. The monoisotopic (exact) mass is 398 g/mol. The van der Waals surface area contributed by atoms with E-state index < -0.39 is 0 Å². The van der Waals surface area contributed by atoms with Gasteiger partial charge in [0.1, 0.15) is 0 Å². The predicted octanol–water partition coefficient (Wildman–Crippen LogP) is 5.51. The fourth-order valence-electron chi connectivity index (χ4n) is 3.86. The van der Waals surface area contributed by atoms with Gasteiger partial charge in [-0.2, -0.15) is 0 Å². The summed E-state index contributed by atoms with van der Waals surface area (Å²) >= 11 is 1.67. The fraction of sp³-hybridized carbons (Fsp3) is 0.0833. The van der Waals surface area contributed by atoms with Crippen LogP contribution in [0.5, 0.6) is 0 Å². The molecule has 5 rings (SSSR count). The molecule has 4 nitrogen and oxygen atoms in total. The van der Waals surface area contributed by atoms with Crippen LogP contribution in [0.1, 0.15) is 33.7 Å². The number of carbonyl (C=O) groups is 2. The van der Waals surface area contributed by atoms with Crippen molar-refractivity contribution in [2.24, 2.45) is 0 Å². The van der Waals surface area contributed by atoms with Gasteiger partial charge in [0.05, 0.1) is 16.6 Å². The first-order chi connectivity index (χ1) is 14.1. The molecule has 1 atom stereocenters. The predicted molar refractivity (Wildman–Crippen MR) is 117 cm³/mol. The van der Waals surface area contributed by atoms with Crippen molar-refractivity contribution in [2.45, 2.75) is 17.1 Å². The number of thioether (sulfide) groups is 1. The number of hydrogen-bond acceptors (Lipinski definition) is 4. The number of hydrogen-bond donors (Lipinski definition) is 2. The Hall–Kier alpha value is -3.31. The van der Waals surface area contributed by atoms with E-state index in [9.17, 15) is 9.59 Å². The minimum Gasteiger partial charge on any atom is -0.354 e. The molecule has 0 bridgehead atoms. The lowest BCUT2D eigenvalue weighted by Gasteiger charge is -2.18. The van der Waals surface area contributed by atoms with E-state index in [0.29, 0.717) is 0 Å². The Morgan fingerprint density at radius 3 is 2.38 bits per heavy atom. The molecule has 0 saturated heterocycles. The molecule has 2 aliphatic rings. The average molecular weight is 398 g/mol. The van der Waals surface area contributed by atoms with Crippen LogP contribution in [0.3, 0.4) is 0 Å². The summed E-state index contributed by atoms with van der Waals surface area (Å²) in [6.07, 6.45) is 0. The largest absolute Gasteiger partial charge is 0.354 e. The second-order valence-electron chi connectivity index (χ2n) is 7.09. The number of anilines is 2. The normalized spacial score (nSPS) is 17.0.